The molecule has 1 aromatic heterocycles. The van der Waals surface area contributed by atoms with Crippen molar-refractivity contribution in [2.24, 2.45) is 0 Å². The monoisotopic (exact) mass is 743 g/mol. The molecule has 57 heavy (non-hydrogen) atoms. The lowest BCUT2D eigenvalue weighted by Gasteiger charge is -2.37. The maximum Gasteiger partial charge on any atom is 0.331 e. The fourth-order valence-electron chi connectivity index (χ4n) is 8.78. The molecule has 0 N–H and O–H groups in total. The van der Waals surface area contributed by atoms with E-state index in [9.17, 15) is 0 Å². The van der Waals surface area contributed by atoms with Gasteiger partial charge in [-0.2, -0.15) is 0 Å². The van der Waals surface area contributed by atoms with Gasteiger partial charge < -0.3 is 4.81 Å². The van der Waals surface area contributed by atoms with Gasteiger partial charge in [-0.25, -0.2) is 9.97 Å². The zero-order valence-corrected chi connectivity index (χ0v) is 32.4. The topological polar surface area (TPSA) is 29.0 Å². The Morgan fingerprint density at radius 3 is 1.44 bits per heavy atom. The summed E-state index contributed by atoms with van der Waals surface area (Å²) in [6.45, 7) is -0.142. The average molecular weight is 744 g/mol. The summed E-state index contributed by atoms with van der Waals surface area (Å²) in [7, 11) is -2.78. The van der Waals surface area contributed by atoms with E-state index in [0.717, 1.165) is 28.2 Å². The van der Waals surface area contributed by atoms with Gasteiger partial charge in [-0.3, -0.25) is 0 Å². The number of hydrogen-bond donors (Lipinski definition) is 0. The quantitative estimate of drug-likeness (QED) is 0.116. The molecule has 5 heteroatoms. The molecule has 0 radical (unpaired) electrons. The van der Waals surface area contributed by atoms with Crippen LogP contribution in [-0.4, -0.2) is 24.9 Å². The molecule has 0 saturated carbocycles. The van der Waals surface area contributed by atoms with E-state index in [2.05, 4.69) is 235 Å². The standard InChI is InChI=1S/C52H38BN3Si/c1-6-21-39(22-7-1)49-38-50(55-52(54-49)56-51-36-19-17-34-47(51)46-33-16-18-35-48(46)53(56)41-24-8-2-9-25-41)40-23-20-32-45(37-40)57(42-26-10-3-11-27-42,43-28-12-4-13-29-43)44-30-14-5-15-31-44/h1-38H. The molecule has 1 aliphatic heterocycles. The second kappa shape index (κ2) is 14.9. The zero-order chi connectivity index (χ0) is 38.0. The van der Waals surface area contributed by atoms with Gasteiger partial charge in [0.2, 0.25) is 5.95 Å². The summed E-state index contributed by atoms with van der Waals surface area (Å²) in [4.78, 5) is 13.4. The molecular weight excluding hydrogens is 705 g/mol. The van der Waals surface area contributed by atoms with Gasteiger partial charge in [0, 0.05) is 22.4 Å². The Morgan fingerprint density at radius 1 is 0.368 bits per heavy atom. The Bertz CT molecular complexity index is 2700. The van der Waals surface area contributed by atoms with E-state index in [1.165, 1.54) is 42.8 Å². The molecule has 8 aromatic carbocycles. The lowest BCUT2D eigenvalue weighted by molar-refractivity contribution is 1.12. The van der Waals surface area contributed by atoms with Crippen molar-refractivity contribution < 1.29 is 0 Å². The van der Waals surface area contributed by atoms with E-state index in [1.807, 2.05) is 0 Å². The smallest absolute Gasteiger partial charge is 0.331 e. The first-order valence-corrected chi connectivity index (χ1v) is 21.5. The van der Waals surface area contributed by atoms with Gasteiger partial charge in [0.25, 0.3) is 0 Å². The Balaban J connectivity index is 1.23. The molecule has 0 unspecified atom stereocenters. The summed E-state index contributed by atoms with van der Waals surface area (Å²) in [6.07, 6.45) is 0. The van der Waals surface area contributed by atoms with Gasteiger partial charge in [-0.05, 0) is 43.9 Å². The number of hydrogen-bond acceptors (Lipinski definition) is 3. The van der Waals surface area contributed by atoms with Gasteiger partial charge in [0.15, 0.2) is 8.07 Å². The number of benzene rings is 8. The first kappa shape index (κ1) is 34.4. The van der Waals surface area contributed by atoms with Crippen LogP contribution in [0.4, 0.5) is 11.6 Å². The van der Waals surface area contributed by atoms with Gasteiger partial charge in [0.05, 0.1) is 11.4 Å². The number of rotatable bonds is 8. The number of nitrogens with zero attached hydrogens (tertiary/aromatic N) is 3. The molecule has 0 bridgehead atoms. The molecule has 0 spiro atoms. The summed E-state index contributed by atoms with van der Waals surface area (Å²) >= 11 is 0. The summed E-state index contributed by atoms with van der Waals surface area (Å²) < 4.78 is 0. The number of fused-ring (bicyclic) bond motifs is 3. The van der Waals surface area contributed by atoms with E-state index in [4.69, 9.17) is 9.97 Å². The van der Waals surface area contributed by atoms with Crippen molar-refractivity contribution in [3.05, 3.63) is 231 Å². The molecule has 0 atom stereocenters. The van der Waals surface area contributed by atoms with E-state index in [0.29, 0.717) is 5.95 Å². The van der Waals surface area contributed by atoms with Crippen LogP contribution in [0.15, 0.2) is 231 Å². The van der Waals surface area contributed by atoms with Crippen molar-refractivity contribution in [3.63, 3.8) is 0 Å². The zero-order valence-electron chi connectivity index (χ0n) is 31.4. The molecule has 268 valence electrons. The summed E-state index contributed by atoms with van der Waals surface area (Å²) in [6, 6.07) is 83.2. The maximum atomic E-state index is 5.57. The highest BCUT2D eigenvalue weighted by Crippen LogP contribution is 2.39. The molecule has 10 rings (SSSR count). The fourth-order valence-corrected chi connectivity index (χ4v) is 13.6. The van der Waals surface area contributed by atoms with Crippen LogP contribution in [0.3, 0.4) is 0 Å². The molecule has 0 amide bonds. The van der Waals surface area contributed by atoms with E-state index in [1.54, 1.807) is 0 Å². The van der Waals surface area contributed by atoms with Gasteiger partial charge in [-0.1, -0.05) is 224 Å². The first-order chi connectivity index (χ1) is 28.3. The van der Waals surface area contributed by atoms with Crippen LogP contribution >= 0.6 is 0 Å². The molecule has 9 aromatic rings. The van der Waals surface area contributed by atoms with Crippen molar-refractivity contribution in [2.75, 3.05) is 4.81 Å². The fraction of sp³-hybridized carbons (Fsp3) is 0. The highest BCUT2D eigenvalue weighted by Gasteiger charge is 2.42. The predicted octanol–water partition coefficient (Wildman–Crippen LogP) is 8.11. The van der Waals surface area contributed by atoms with Crippen molar-refractivity contribution >= 4 is 58.2 Å². The molecule has 2 heterocycles. The molecule has 0 saturated heterocycles. The molecular formula is C52H38BN3Si. The van der Waals surface area contributed by atoms with Crippen molar-refractivity contribution in [2.45, 2.75) is 0 Å². The summed E-state index contributed by atoms with van der Waals surface area (Å²) in [5.74, 6) is 0.658. The summed E-state index contributed by atoms with van der Waals surface area (Å²) in [5.41, 5.74) is 9.74. The molecule has 3 nitrogen and oxygen atoms in total. The van der Waals surface area contributed by atoms with Crippen molar-refractivity contribution in [3.8, 4) is 33.6 Å². The number of para-hydroxylation sites is 1. The van der Waals surface area contributed by atoms with Crippen LogP contribution in [0.25, 0.3) is 33.6 Å². The number of anilines is 2. The third-order valence-corrected chi connectivity index (χ3v) is 16.1. The highest BCUT2D eigenvalue weighted by atomic mass is 28.3. The van der Waals surface area contributed by atoms with Crippen LogP contribution in [0.1, 0.15) is 0 Å². The van der Waals surface area contributed by atoms with E-state index >= 15 is 0 Å². The lowest BCUT2D eigenvalue weighted by Crippen LogP contribution is -2.74. The van der Waals surface area contributed by atoms with Crippen LogP contribution in [-0.2, 0) is 0 Å². The number of aromatic nitrogens is 2. The second-order valence-electron chi connectivity index (χ2n) is 14.5. The van der Waals surface area contributed by atoms with E-state index in [-0.39, 0.29) is 6.85 Å². The Hall–Kier alpha value is -7.08. The minimum Gasteiger partial charge on any atom is -0.345 e. The third kappa shape index (κ3) is 6.10. The summed E-state index contributed by atoms with van der Waals surface area (Å²) in [5, 5.41) is 5.30. The van der Waals surface area contributed by atoms with Crippen LogP contribution in [0.2, 0.25) is 0 Å². The minimum atomic E-state index is -2.78. The lowest BCUT2D eigenvalue weighted by atomic mass is 9.46. The Labute approximate surface area is 335 Å². The van der Waals surface area contributed by atoms with Crippen molar-refractivity contribution in [1.82, 2.24) is 9.97 Å². The first-order valence-electron chi connectivity index (χ1n) is 19.5. The van der Waals surface area contributed by atoms with Gasteiger partial charge in [-0.15, -0.1) is 0 Å². The maximum absolute atomic E-state index is 5.57. The van der Waals surface area contributed by atoms with Crippen molar-refractivity contribution in [1.29, 1.82) is 0 Å². The molecule has 1 aliphatic rings. The molecule has 0 aliphatic carbocycles. The SMILES string of the molecule is c1ccc(B2c3ccccc3-c3ccccc3N2c2nc(-c3ccccc3)cc(-c3cccc([Si](c4ccccc4)(c4ccccc4)c4ccccc4)c3)n2)cc1. The van der Waals surface area contributed by atoms with Crippen LogP contribution in [0, 0.1) is 0 Å². The highest BCUT2D eigenvalue weighted by molar-refractivity contribution is 7.19. The third-order valence-electron chi connectivity index (χ3n) is 11.3. The second-order valence-corrected chi connectivity index (χ2v) is 18.3. The predicted molar refractivity (Wildman–Crippen MR) is 242 cm³/mol. The van der Waals surface area contributed by atoms with Gasteiger partial charge in [0.1, 0.15) is 0 Å². The van der Waals surface area contributed by atoms with Crippen LogP contribution in [0.5, 0.6) is 0 Å². The Kier molecular flexibility index (Phi) is 8.98. The Morgan fingerprint density at radius 2 is 0.825 bits per heavy atom. The largest absolute Gasteiger partial charge is 0.345 e. The van der Waals surface area contributed by atoms with Gasteiger partial charge >= 0.3 is 6.85 Å². The molecule has 0 fully saturated rings. The van der Waals surface area contributed by atoms with E-state index < -0.39 is 8.07 Å². The average Bonchev–Trinajstić information content (AvgIpc) is 3.30. The normalized spacial score (nSPS) is 12.1. The van der Waals surface area contributed by atoms with Crippen LogP contribution < -0.4 is 36.5 Å². The minimum absolute atomic E-state index is 0.142.